The highest BCUT2D eigenvalue weighted by molar-refractivity contribution is 7.71. The van der Waals surface area contributed by atoms with Crippen LogP contribution in [0.25, 0.3) is 0 Å². The van der Waals surface area contributed by atoms with Crippen LogP contribution in [-0.4, -0.2) is 27.5 Å². The average Bonchev–Trinajstić information content (AvgIpc) is 2.50. The van der Waals surface area contributed by atoms with Crippen molar-refractivity contribution in [3.8, 4) is 0 Å². The second kappa shape index (κ2) is 4.57. The molecule has 0 aliphatic carbocycles. The van der Waals surface area contributed by atoms with Crippen molar-refractivity contribution >= 4 is 18.1 Å². The number of hydrogen-bond donors (Lipinski definition) is 1. The van der Waals surface area contributed by atoms with Crippen molar-refractivity contribution in [3.63, 3.8) is 0 Å². The third kappa shape index (κ3) is 2.65. The van der Waals surface area contributed by atoms with Crippen molar-refractivity contribution in [3.05, 3.63) is 10.7 Å². The minimum atomic E-state index is 0.177. The lowest BCUT2D eigenvalue weighted by Crippen LogP contribution is -2.29. The molecule has 82 valence electrons. The first-order chi connectivity index (χ1) is 7.25. The minimum absolute atomic E-state index is 0.177. The van der Waals surface area contributed by atoms with E-state index in [1.165, 1.54) is 0 Å². The number of nitrogens with zero attached hydrogens (tertiary/aromatic N) is 2. The van der Waals surface area contributed by atoms with Gasteiger partial charge < -0.3 is 9.32 Å². The summed E-state index contributed by atoms with van der Waals surface area (Å²) in [6, 6.07) is 0. The largest absolute Gasteiger partial charge is 0.412 e. The zero-order valence-electron chi connectivity index (χ0n) is 8.36. The Morgan fingerprint density at radius 3 is 3.07 bits per heavy atom. The van der Waals surface area contributed by atoms with E-state index in [2.05, 4.69) is 10.2 Å². The molecule has 1 fully saturated rings. The van der Waals surface area contributed by atoms with Crippen molar-refractivity contribution in [2.45, 2.75) is 32.2 Å². The number of carbonyl (C=O) groups excluding carboxylic acids is 1. The standard InChI is InChI=1S/C9H13N3O2S/c13-8-4-2-1-3-5-12(8)6-7-10-11-9(15)14-7/h1-6H2,(H,11,15). The normalized spacial score (nSPS) is 17.9. The number of H-pyrrole nitrogens is 1. The lowest BCUT2D eigenvalue weighted by atomic mass is 10.2. The summed E-state index contributed by atoms with van der Waals surface area (Å²) in [5, 5.41) is 6.43. The number of hydrogen-bond acceptors (Lipinski definition) is 4. The number of carbonyl (C=O) groups is 1. The first kappa shape index (κ1) is 10.4. The molecule has 1 aromatic heterocycles. The quantitative estimate of drug-likeness (QED) is 0.780. The molecule has 15 heavy (non-hydrogen) atoms. The highest BCUT2D eigenvalue weighted by Crippen LogP contribution is 2.13. The Labute approximate surface area is 92.5 Å². The van der Waals surface area contributed by atoms with Crippen molar-refractivity contribution < 1.29 is 9.21 Å². The van der Waals surface area contributed by atoms with E-state index >= 15 is 0 Å². The van der Waals surface area contributed by atoms with Gasteiger partial charge in [0.2, 0.25) is 11.8 Å². The van der Waals surface area contributed by atoms with E-state index < -0.39 is 0 Å². The van der Waals surface area contributed by atoms with Crippen LogP contribution >= 0.6 is 12.2 Å². The van der Waals surface area contributed by atoms with E-state index in [0.717, 1.165) is 25.8 Å². The molecular formula is C9H13N3O2S. The Bertz CT molecular complexity index is 398. The van der Waals surface area contributed by atoms with Gasteiger partial charge in [-0.1, -0.05) is 6.42 Å². The second-order valence-corrected chi connectivity index (χ2v) is 4.00. The Kier molecular flexibility index (Phi) is 3.15. The molecule has 1 aliphatic rings. The fourth-order valence-electron chi connectivity index (χ4n) is 1.70. The Morgan fingerprint density at radius 2 is 2.33 bits per heavy atom. The van der Waals surface area contributed by atoms with Crippen LogP contribution in [0.1, 0.15) is 31.6 Å². The van der Waals surface area contributed by atoms with Crippen LogP contribution < -0.4 is 0 Å². The predicted molar refractivity (Wildman–Crippen MR) is 55.6 cm³/mol. The monoisotopic (exact) mass is 227 g/mol. The van der Waals surface area contributed by atoms with Crippen LogP contribution in [0, 0.1) is 4.84 Å². The van der Waals surface area contributed by atoms with Crippen LogP contribution in [0.4, 0.5) is 0 Å². The van der Waals surface area contributed by atoms with E-state index in [9.17, 15) is 4.79 Å². The zero-order chi connectivity index (χ0) is 10.7. The van der Waals surface area contributed by atoms with Gasteiger partial charge in [0.05, 0.1) is 6.54 Å². The maximum absolute atomic E-state index is 11.6. The van der Waals surface area contributed by atoms with Crippen molar-refractivity contribution in [2.75, 3.05) is 6.54 Å². The highest BCUT2D eigenvalue weighted by atomic mass is 32.1. The summed E-state index contributed by atoms with van der Waals surface area (Å²) in [5.41, 5.74) is 0. The second-order valence-electron chi connectivity index (χ2n) is 3.63. The Morgan fingerprint density at radius 1 is 1.47 bits per heavy atom. The summed E-state index contributed by atoms with van der Waals surface area (Å²) in [6.45, 7) is 1.21. The van der Waals surface area contributed by atoms with Crippen molar-refractivity contribution in [1.29, 1.82) is 0 Å². The summed E-state index contributed by atoms with van der Waals surface area (Å²) in [5.74, 6) is 0.659. The third-order valence-electron chi connectivity index (χ3n) is 2.48. The van der Waals surface area contributed by atoms with Gasteiger partial charge in [-0.25, -0.2) is 5.10 Å². The van der Waals surface area contributed by atoms with Crippen molar-refractivity contribution in [1.82, 2.24) is 15.1 Å². The molecule has 0 atom stereocenters. The number of amides is 1. The fourth-order valence-corrected chi connectivity index (χ4v) is 1.84. The molecule has 1 aromatic rings. The molecule has 0 unspecified atom stereocenters. The van der Waals surface area contributed by atoms with Crippen LogP contribution in [-0.2, 0) is 11.3 Å². The molecule has 1 aliphatic heterocycles. The van der Waals surface area contributed by atoms with Gasteiger partial charge in [-0.3, -0.25) is 4.79 Å². The Hall–Kier alpha value is -1.17. The van der Waals surface area contributed by atoms with Gasteiger partial charge >= 0.3 is 0 Å². The van der Waals surface area contributed by atoms with Crippen LogP contribution in [0.15, 0.2) is 4.42 Å². The molecule has 2 rings (SSSR count). The molecule has 0 spiro atoms. The first-order valence-electron chi connectivity index (χ1n) is 5.08. The van der Waals surface area contributed by atoms with E-state index in [4.69, 9.17) is 16.6 Å². The number of likely N-dealkylation sites (tertiary alicyclic amines) is 1. The van der Waals surface area contributed by atoms with Crippen LogP contribution in [0.2, 0.25) is 0 Å². The third-order valence-corrected chi connectivity index (χ3v) is 2.65. The summed E-state index contributed by atoms with van der Waals surface area (Å²) in [7, 11) is 0. The van der Waals surface area contributed by atoms with Gasteiger partial charge in [0, 0.05) is 13.0 Å². The SMILES string of the molecule is O=C1CCCCCN1Cc1n[nH]c(=S)o1. The number of rotatable bonds is 2. The molecule has 5 nitrogen and oxygen atoms in total. The molecule has 0 aromatic carbocycles. The molecule has 1 saturated heterocycles. The van der Waals surface area contributed by atoms with E-state index in [-0.39, 0.29) is 10.7 Å². The van der Waals surface area contributed by atoms with Crippen LogP contribution in [0.5, 0.6) is 0 Å². The molecule has 6 heteroatoms. The van der Waals surface area contributed by atoms with Gasteiger partial charge in [0.25, 0.3) is 4.84 Å². The van der Waals surface area contributed by atoms with Gasteiger partial charge in [0.1, 0.15) is 0 Å². The minimum Gasteiger partial charge on any atom is -0.412 e. The molecule has 2 heterocycles. The van der Waals surface area contributed by atoms with E-state index in [1.54, 1.807) is 4.90 Å². The van der Waals surface area contributed by atoms with Gasteiger partial charge in [-0.05, 0) is 25.1 Å². The summed E-state index contributed by atoms with van der Waals surface area (Å²) < 4.78 is 5.13. The highest BCUT2D eigenvalue weighted by Gasteiger charge is 2.18. The summed E-state index contributed by atoms with van der Waals surface area (Å²) in [4.78, 5) is 13.7. The Balaban J connectivity index is 2.03. The first-order valence-corrected chi connectivity index (χ1v) is 5.49. The molecule has 1 N–H and O–H groups in total. The smallest absolute Gasteiger partial charge is 0.284 e. The lowest BCUT2D eigenvalue weighted by Gasteiger charge is -2.17. The number of aromatic amines is 1. The molecule has 0 saturated carbocycles. The summed E-state index contributed by atoms with van der Waals surface area (Å²) in [6.07, 6.45) is 3.79. The molecule has 1 amide bonds. The molecule has 0 radical (unpaired) electrons. The maximum Gasteiger partial charge on any atom is 0.284 e. The topological polar surface area (TPSA) is 62.1 Å². The van der Waals surface area contributed by atoms with Gasteiger partial charge in [-0.2, -0.15) is 0 Å². The van der Waals surface area contributed by atoms with E-state index in [0.29, 0.717) is 18.9 Å². The zero-order valence-corrected chi connectivity index (χ0v) is 9.18. The van der Waals surface area contributed by atoms with Crippen LogP contribution in [0.3, 0.4) is 0 Å². The van der Waals surface area contributed by atoms with E-state index in [1.807, 2.05) is 0 Å². The van der Waals surface area contributed by atoms with Gasteiger partial charge in [0.15, 0.2) is 0 Å². The van der Waals surface area contributed by atoms with Gasteiger partial charge in [-0.15, -0.1) is 5.10 Å². The molecular weight excluding hydrogens is 214 g/mol. The summed E-state index contributed by atoms with van der Waals surface area (Å²) >= 11 is 4.77. The lowest BCUT2D eigenvalue weighted by molar-refractivity contribution is -0.131. The predicted octanol–water partition coefficient (Wildman–Crippen LogP) is 1.63. The number of nitrogens with one attached hydrogen (secondary N) is 1. The number of aromatic nitrogens is 2. The molecule has 0 bridgehead atoms. The maximum atomic E-state index is 11.6. The fraction of sp³-hybridized carbons (Fsp3) is 0.667. The van der Waals surface area contributed by atoms with Crippen molar-refractivity contribution in [2.24, 2.45) is 0 Å². The average molecular weight is 227 g/mol.